The highest BCUT2D eigenvalue weighted by Gasteiger charge is 2.19. The molecule has 0 saturated carbocycles. The molecule has 0 saturated heterocycles. The van der Waals surface area contributed by atoms with Crippen molar-refractivity contribution in [2.75, 3.05) is 24.9 Å². The minimum atomic E-state index is -0.00373. The van der Waals surface area contributed by atoms with Crippen LogP contribution in [0.2, 0.25) is 0 Å². The molecule has 1 aromatic rings. The molecule has 0 fully saturated rings. The molecule has 0 aromatic heterocycles. The zero-order valence-electron chi connectivity index (χ0n) is 10.2. The number of anilines is 2. The molecule has 1 heterocycles. The van der Waals surface area contributed by atoms with Crippen LogP contribution in [-0.2, 0) is 4.79 Å². The minimum absolute atomic E-state index is 0.00373. The Kier molecular flexibility index (Phi) is 3.08. The standard InChI is InChI=1S/C12H16N2O3/c1-7-4-12(15)14-9-6-11(17-3)10(16-2)5-8(9)13-7/h5-7,13H,4H2,1-3H3,(H,14,15). The van der Waals surface area contributed by atoms with E-state index in [0.717, 1.165) is 11.4 Å². The molecule has 2 N–H and O–H groups in total. The Balaban J connectivity index is 2.46. The molecule has 1 aliphatic heterocycles. The summed E-state index contributed by atoms with van der Waals surface area (Å²) in [6.07, 6.45) is 0.444. The molecule has 0 radical (unpaired) electrons. The van der Waals surface area contributed by atoms with Gasteiger partial charge in [-0.05, 0) is 6.92 Å². The normalized spacial score (nSPS) is 18.5. The number of rotatable bonds is 2. The fourth-order valence-corrected chi connectivity index (χ4v) is 1.90. The second-order valence-corrected chi connectivity index (χ2v) is 4.05. The molecular weight excluding hydrogens is 220 g/mol. The summed E-state index contributed by atoms with van der Waals surface area (Å²) in [6, 6.07) is 3.68. The van der Waals surface area contributed by atoms with Crippen LogP contribution in [0.15, 0.2) is 12.1 Å². The average Bonchev–Trinajstić information content (AvgIpc) is 2.43. The number of fused-ring (bicyclic) bond motifs is 1. The Labute approximate surface area is 100 Å². The number of hydrogen-bond acceptors (Lipinski definition) is 4. The fraction of sp³-hybridized carbons (Fsp3) is 0.417. The van der Waals surface area contributed by atoms with Crippen molar-refractivity contribution < 1.29 is 14.3 Å². The van der Waals surface area contributed by atoms with Gasteiger partial charge in [-0.2, -0.15) is 0 Å². The smallest absolute Gasteiger partial charge is 0.226 e. The Morgan fingerprint density at radius 2 is 1.76 bits per heavy atom. The summed E-state index contributed by atoms with van der Waals surface area (Å²) in [5.74, 6) is 1.24. The summed E-state index contributed by atoms with van der Waals surface area (Å²) in [7, 11) is 3.15. The van der Waals surface area contributed by atoms with Crippen LogP contribution in [0.5, 0.6) is 11.5 Å². The molecule has 17 heavy (non-hydrogen) atoms. The van der Waals surface area contributed by atoms with Gasteiger partial charge in [-0.1, -0.05) is 0 Å². The van der Waals surface area contributed by atoms with Crippen molar-refractivity contribution in [1.29, 1.82) is 0 Å². The van der Waals surface area contributed by atoms with Gasteiger partial charge in [0.2, 0.25) is 5.91 Å². The summed E-state index contributed by atoms with van der Waals surface area (Å²) >= 11 is 0. The van der Waals surface area contributed by atoms with Crippen molar-refractivity contribution in [3.05, 3.63) is 12.1 Å². The van der Waals surface area contributed by atoms with Gasteiger partial charge in [-0.15, -0.1) is 0 Å². The van der Waals surface area contributed by atoms with Gasteiger partial charge in [0.1, 0.15) is 0 Å². The topological polar surface area (TPSA) is 59.6 Å². The van der Waals surface area contributed by atoms with Crippen LogP contribution < -0.4 is 20.1 Å². The summed E-state index contributed by atoms with van der Waals surface area (Å²) in [6.45, 7) is 1.96. The molecule has 0 bridgehead atoms. The Morgan fingerprint density at radius 1 is 1.18 bits per heavy atom. The Hall–Kier alpha value is -1.91. The van der Waals surface area contributed by atoms with E-state index in [-0.39, 0.29) is 11.9 Å². The summed E-state index contributed by atoms with van der Waals surface area (Å²) in [5, 5.41) is 6.10. The van der Waals surface area contributed by atoms with E-state index in [1.54, 1.807) is 20.3 Å². The third-order valence-electron chi connectivity index (χ3n) is 2.69. The van der Waals surface area contributed by atoms with Gasteiger partial charge in [-0.25, -0.2) is 0 Å². The van der Waals surface area contributed by atoms with Crippen LogP contribution in [0, 0.1) is 0 Å². The number of hydrogen-bond donors (Lipinski definition) is 2. The molecule has 1 atom stereocenters. The lowest BCUT2D eigenvalue weighted by Gasteiger charge is -2.15. The van der Waals surface area contributed by atoms with E-state index in [0.29, 0.717) is 17.9 Å². The van der Waals surface area contributed by atoms with Crippen molar-refractivity contribution in [2.24, 2.45) is 0 Å². The number of nitrogens with one attached hydrogen (secondary N) is 2. The number of benzene rings is 1. The van der Waals surface area contributed by atoms with E-state index < -0.39 is 0 Å². The predicted octanol–water partition coefficient (Wildman–Crippen LogP) is 1.85. The van der Waals surface area contributed by atoms with Crippen LogP contribution >= 0.6 is 0 Å². The predicted molar refractivity (Wildman–Crippen MR) is 65.9 cm³/mol. The number of methoxy groups -OCH3 is 2. The number of carbonyl (C=O) groups is 1. The van der Waals surface area contributed by atoms with Crippen LogP contribution in [0.25, 0.3) is 0 Å². The maximum atomic E-state index is 11.6. The van der Waals surface area contributed by atoms with Crippen molar-refractivity contribution in [3.8, 4) is 11.5 Å². The quantitative estimate of drug-likeness (QED) is 0.822. The molecule has 1 unspecified atom stereocenters. The first-order valence-electron chi connectivity index (χ1n) is 5.46. The third kappa shape index (κ3) is 2.27. The van der Waals surface area contributed by atoms with E-state index in [9.17, 15) is 4.79 Å². The molecule has 0 aliphatic carbocycles. The molecule has 92 valence electrons. The number of carbonyl (C=O) groups excluding carboxylic acids is 1. The molecule has 2 rings (SSSR count). The van der Waals surface area contributed by atoms with Crippen LogP contribution in [0.1, 0.15) is 13.3 Å². The summed E-state index contributed by atoms with van der Waals surface area (Å²) in [4.78, 5) is 11.6. The van der Waals surface area contributed by atoms with Gasteiger partial charge in [0.15, 0.2) is 11.5 Å². The zero-order valence-corrected chi connectivity index (χ0v) is 10.2. The SMILES string of the molecule is COc1cc2c(cc1OC)NC(C)CC(=O)N2. The lowest BCUT2D eigenvalue weighted by molar-refractivity contribution is -0.116. The maximum Gasteiger partial charge on any atom is 0.226 e. The number of amides is 1. The molecule has 1 aliphatic rings. The molecular formula is C12H16N2O3. The van der Waals surface area contributed by atoms with Crippen LogP contribution in [0.4, 0.5) is 11.4 Å². The fourth-order valence-electron chi connectivity index (χ4n) is 1.90. The maximum absolute atomic E-state index is 11.6. The lowest BCUT2D eigenvalue weighted by Crippen LogP contribution is -2.18. The van der Waals surface area contributed by atoms with E-state index in [2.05, 4.69) is 10.6 Å². The van der Waals surface area contributed by atoms with Crippen molar-refractivity contribution in [2.45, 2.75) is 19.4 Å². The molecule has 5 nitrogen and oxygen atoms in total. The highest BCUT2D eigenvalue weighted by Crippen LogP contribution is 2.37. The Morgan fingerprint density at radius 3 is 2.35 bits per heavy atom. The van der Waals surface area contributed by atoms with E-state index >= 15 is 0 Å². The monoisotopic (exact) mass is 236 g/mol. The summed E-state index contributed by atoms with van der Waals surface area (Å²) in [5.41, 5.74) is 1.57. The zero-order chi connectivity index (χ0) is 12.4. The van der Waals surface area contributed by atoms with Gasteiger partial charge in [0.25, 0.3) is 0 Å². The third-order valence-corrected chi connectivity index (χ3v) is 2.69. The first-order valence-corrected chi connectivity index (χ1v) is 5.46. The van der Waals surface area contributed by atoms with E-state index in [1.807, 2.05) is 13.0 Å². The second-order valence-electron chi connectivity index (χ2n) is 4.05. The van der Waals surface area contributed by atoms with Crippen LogP contribution in [-0.4, -0.2) is 26.2 Å². The van der Waals surface area contributed by atoms with E-state index in [1.165, 1.54) is 0 Å². The van der Waals surface area contributed by atoms with Gasteiger partial charge in [0.05, 0.1) is 25.6 Å². The number of ether oxygens (including phenoxy) is 2. The van der Waals surface area contributed by atoms with E-state index in [4.69, 9.17) is 9.47 Å². The largest absolute Gasteiger partial charge is 0.493 e. The van der Waals surface area contributed by atoms with Crippen LogP contribution in [0.3, 0.4) is 0 Å². The van der Waals surface area contributed by atoms with Gasteiger partial charge >= 0.3 is 0 Å². The molecule has 0 spiro atoms. The van der Waals surface area contributed by atoms with Crippen molar-refractivity contribution in [1.82, 2.24) is 0 Å². The first-order chi connectivity index (χ1) is 8.13. The highest BCUT2D eigenvalue weighted by molar-refractivity contribution is 5.97. The molecule has 1 aromatic carbocycles. The second kappa shape index (κ2) is 4.53. The van der Waals surface area contributed by atoms with Gasteiger partial charge in [-0.3, -0.25) is 4.79 Å². The first kappa shape index (κ1) is 11.6. The minimum Gasteiger partial charge on any atom is -0.493 e. The molecule has 5 heteroatoms. The Bertz CT molecular complexity index is 446. The van der Waals surface area contributed by atoms with Crippen molar-refractivity contribution in [3.63, 3.8) is 0 Å². The summed E-state index contributed by atoms with van der Waals surface area (Å²) < 4.78 is 10.4. The lowest BCUT2D eigenvalue weighted by atomic mass is 10.2. The van der Waals surface area contributed by atoms with Crippen molar-refractivity contribution >= 4 is 17.3 Å². The van der Waals surface area contributed by atoms with Gasteiger partial charge in [0, 0.05) is 24.6 Å². The highest BCUT2D eigenvalue weighted by atomic mass is 16.5. The molecule has 1 amide bonds. The van der Waals surface area contributed by atoms with Gasteiger partial charge < -0.3 is 20.1 Å². The average molecular weight is 236 g/mol.